The number of piperidine rings is 1. The number of ether oxygens (including phenoxy) is 1. The van der Waals surface area contributed by atoms with Crippen LogP contribution in [0.2, 0.25) is 0 Å². The highest BCUT2D eigenvalue weighted by atomic mass is 32.1. The van der Waals surface area contributed by atoms with E-state index in [0.29, 0.717) is 13.1 Å². The van der Waals surface area contributed by atoms with Crippen LogP contribution in [0.1, 0.15) is 49.7 Å². The van der Waals surface area contributed by atoms with Gasteiger partial charge in [-0.2, -0.15) is 0 Å². The molecule has 0 aromatic carbocycles. The molecule has 1 aromatic rings. The van der Waals surface area contributed by atoms with Crippen molar-refractivity contribution in [2.24, 2.45) is 0 Å². The third-order valence-corrected chi connectivity index (χ3v) is 4.68. The lowest BCUT2D eigenvalue weighted by atomic mass is 10.0. The van der Waals surface area contributed by atoms with E-state index in [9.17, 15) is 9.59 Å². The van der Waals surface area contributed by atoms with Gasteiger partial charge >= 0.3 is 6.09 Å². The maximum absolute atomic E-state index is 12.3. The zero-order chi connectivity index (χ0) is 16.9. The zero-order valence-corrected chi connectivity index (χ0v) is 14.9. The SMILES string of the molecule is CC(C)(C)OC(=O)NCC1CCCCN1CC(=O)c1cccs1. The maximum atomic E-state index is 12.3. The molecule has 0 saturated carbocycles. The first-order valence-electron chi connectivity index (χ1n) is 8.13. The van der Waals surface area contributed by atoms with Crippen LogP contribution in [0.3, 0.4) is 0 Å². The van der Waals surface area contributed by atoms with E-state index in [0.717, 1.165) is 30.7 Å². The summed E-state index contributed by atoms with van der Waals surface area (Å²) in [6.07, 6.45) is 2.83. The van der Waals surface area contributed by atoms with E-state index in [-0.39, 0.29) is 11.8 Å². The number of thiophene rings is 1. The number of nitrogens with one attached hydrogen (secondary N) is 1. The Hall–Kier alpha value is -1.40. The first-order valence-corrected chi connectivity index (χ1v) is 9.01. The van der Waals surface area contributed by atoms with Gasteiger partial charge in [-0.15, -0.1) is 11.3 Å². The number of likely N-dealkylation sites (tertiary alicyclic amines) is 1. The number of carbonyl (C=O) groups is 2. The second-order valence-corrected chi connectivity index (χ2v) is 7.85. The highest BCUT2D eigenvalue weighted by Gasteiger charge is 2.26. The van der Waals surface area contributed by atoms with Gasteiger partial charge in [-0.1, -0.05) is 12.5 Å². The van der Waals surface area contributed by atoms with E-state index < -0.39 is 11.7 Å². The number of hydrogen-bond acceptors (Lipinski definition) is 5. The average molecular weight is 338 g/mol. The van der Waals surface area contributed by atoms with E-state index >= 15 is 0 Å². The normalized spacial score (nSPS) is 19.3. The van der Waals surface area contributed by atoms with Crippen LogP contribution in [-0.4, -0.2) is 48.1 Å². The van der Waals surface area contributed by atoms with Gasteiger partial charge in [0.1, 0.15) is 5.60 Å². The first kappa shape index (κ1) is 17.9. The third-order valence-electron chi connectivity index (χ3n) is 3.77. The van der Waals surface area contributed by atoms with Crippen molar-refractivity contribution in [3.05, 3.63) is 22.4 Å². The number of nitrogens with zero attached hydrogens (tertiary/aromatic N) is 1. The van der Waals surface area contributed by atoms with Crippen LogP contribution >= 0.6 is 11.3 Å². The Morgan fingerprint density at radius 3 is 2.83 bits per heavy atom. The third kappa shape index (κ3) is 5.95. The molecule has 0 aliphatic carbocycles. The van der Waals surface area contributed by atoms with Crippen LogP contribution in [0.15, 0.2) is 17.5 Å². The highest BCUT2D eigenvalue weighted by Crippen LogP contribution is 2.18. The summed E-state index contributed by atoms with van der Waals surface area (Å²) in [5, 5.41) is 4.76. The lowest BCUT2D eigenvalue weighted by molar-refractivity contribution is 0.0495. The molecule has 1 fully saturated rings. The van der Waals surface area contributed by atoms with Crippen molar-refractivity contribution >= 4 is 23.2 Å². The van der Waals surface area contributed by atoms with E-state index in [1.165, 1.54) is 11.3 Å². The number of Topliss-reactive ketones (excluding diaryl/α,β-unsaturated/α-hetero) is 1. The summed E-state index contributed by atoms with van der Waals surface area (Å²) in [4.78, 5) is 27.1. The van der Waals surface area contributed by atoms with Crippen LogP contribution in [0.4, 0.5) is 4.79 Å². The molecular formula is C17H26N2O3S. The summed E-state index contributed by atoms with van der Waals surface area (Å²) >= 11 is 1.48. The number of amides is 1. The van der Waals surface area contributed by atoms with Crippen molar-refractivity contribution in [2.45, 2.75) is 51.7 Å². The Labute approximate surface area is 142 Å². The van der Waals surface area contributed by atoms with Crippen molar-refractivity contribution in [3.8, 4) is 0 Å². The molecule has 1 aliphatic heterocycles. The van der Waals surface area contributed by atoms with Gasteiger partial charge in [-0.05, 0) is 51.6 Å². The molecule has 0 radical (unpaired) electrons. The Morgan fingerprint density at radius 1 is 1.39 bits per heavy atom. The summed E-state index contributed by atoms with van der Waals surface area (Å²) in [6, 6.07) is 3.96. The molecule has 6 heteroatoms. The second kappa shape index (κ2) is 7.93. The van der Waals surface area contributed by atoms with Gasteiger partial charge < -0.3 is 10.1 Å². The van der Waals surface area contributed by atoms with Crippen molar-refractivity contribution in [3.63, 3.8) is 0 Å². The van der Waals surface area contributed by atoms with E-state index in [4.69, 9.17) is 4.74 Å². The van der Waals surface area contributed by atoms with Gasteiger partial charge in [0.05, 0.1) is 11.4 Å². The topological polar surface area (TPSA) is 58.6 Å². The standard InChI is InChI=1S/C17H26N2O3S/c1-17(2,3)22-16(21)18-11-13-7-4-5-9-19(13)12-14(20)15-8-6-10-23-15/h6,8,10,13H,4-5,7,9,11-12H2,1-3H3,(H,18,21). The van der Waals surface area contributed by atoms with E-state index in [2.05, 4.69) is 10.2 Å². The molecule has 128 valence electrons. The van der Waals surface area contributed by atoms with Crippen molar-refractivity contribution in [1.82, 2.24) is 10.2 Å². The average Bonchev–Trinajstić information content (AvgIpc) is 2.99. The van der Waals surface area contributed by atoms with Gasteiger partial charge in [-0.25, -0.2) is 4.79 Å². The molecule has 1 amide bonds. The molecule has 0 spiro atoms. The number of alkyl carbamates (subject to hydrolysis) is 1. The van der Waals surface area contributed by atoms with Crippen LogP contribution in [0.25, 0.3) is 0 Å². The summed E-state index contributed by atoms with van der Waals surface area (Å²) in [5.74, 6) is 0.157. The number of ketones is 1. The van der Waals surface area contributed by atoms with Gasteiger partial charge in [0.2, 0.25) is 0 Å². The highest BCUT2D eigenvalue weighted by molar-refractivity contribution is 7.12. The Morgan fingerprint density at radius 2 is 2.17 bits per heavy atom. The minimum Gasteiger partial charge on any atom is -0.444 e. The zero-order valence-electron chi connectivity index (χ0n) is 14.1. The quantitative estimate of drug-likeness (QED) is 0.837. The Kier molecular flexibility index (Phi) is 6.18. The van der Waals surface area contributed by atoms with E-state index in [1.54, 1.807) is 0 Å². The molecule has 1 unspecified atom stereocenters. The molecule has 1 aromatic heterocycles. The fourth-order valence-corrected chi connectivity index (χ4v) is 3.37. The number of rotatable bonds is 5. The molecule has 2 rings (SSSR count). The molecular weight excluding hydrogens is 312 g/mol. The van der Waals surface area contributed by atoms with E-state index in [1.807, 2.05) is 38.3 Å². The minimum absolute atomic E-state index is 0.157. The molecule has 2 heterocycles. The fourth-order valence-electron chi connectivity index (χ4n) is 2.71. The lowest BCUT2D eigenvalue weighted by Crippen LogP contribution is -2.49. The van der Waals surface area contributed by atoms with Gasteiger partial charge in [-0.3, -0.25) is 9.69 Å². The maximum Gasteiger partial charge on any atom is 0.407 e. The van der Waals surface area contributed by atoms with Crippen molar-refractivity contribution in [2.75, 3.05) is 19.6 Å². The minimum atomic E-state index is -0.495. The molecule has 1 N–H and O–H groups in total. The summed E-state index contributed by atoms with van der Waals surface area (Å²) < 4.78 is 5.27. The summed E-state index contributed by atoms with van der Waals surface area (Å²) in [5.41, 5.74) is -0.495. The van der Waals surface area contributed by atoms with Crippen molar-refractivity contribution < 1.29 is 14.3 Å². The largest absolute Gasteiger partial charge is 0.444 e. The Bertz CT molecular complexity index is 522. The van der Waals surface area contributed by atoms with Gasteiger partial charge in [0.15, 0.2) is 5.78 Å². The molecule has 1 atom stereocenters. The van der Waals surface area contributed by atoms with Crippen molar-refractivity contribution in [1.29, 1.82) is 0 Å². The summed E-state index contributed by atoms with van der Waals surface area (Å²) in [6.45, 7) is 7.38. The molecule has 0 bridgehead atoms. The second-order valence-electron chi connectivity index (χ2n) is 6.90. The predicted octanol–water partition coefficient (Wildman–Crippen LogP) is 3.31. The lowest BCUT2D eigenvalue weighted by Gasteiger charge is -2.35. The smallest absolute Gasteiger partial charge is 0.407 e. The first-order chi connectivity index (χ1) is 10.8. The molecule has 1 aliphatic rings. The monoisotopic (exact) mass is 338 g/mol. The van der Waals surface area contributed by atoms with Gasteiger partial charge in [0.25, 0.3) is 0 Å². The van der Waals surface area contributed by atoms with Gasteiger partial charge in [0, 0.05) is 12.6 Å². The number of hydrogen-bond donors (Lipinski definition) is 1. The van der Waals surface area contributed by atoms with Crippen LogP contribution in [0.5, 0.6) is 0 Å². The van der Waals surface area contributed by atoms with Crippen LogP contribution in [-0.2, 0) is 4.74 Å². The predicted molar refractivity (Wildman–Crippen MR) is 92.1 cm³/mol. The molecule has 5 nitrogen and oxygen atoms in total. The summed E-state index contributed by atoms with van der Waals surface area (Å²) in [7, 11) is 0. The molecule has 23 heavy (non-hydrogen) atoms. The number of carbonyl (C=O) groups excluding carboxylic acids is 2. The van der Waals surface area contributed by atoms with Crippen LogP contribution < -0.4 is 5.32 Å². The molecule has 1 saturated heterocycles. The Balaban J connectivity index is 1.86. The fraction of sp³-hybridized carbons (Fsp3) is 0.647. The van der Waals surface area contributed by atoms with Crippen LogP contribution in [0, 0.1) is 0 Å².